The summed E-state index contributed by atoms with van der Waals surface area (Å²) in [5.74, 6) is 0.859. The van der Waals surface area contributed by atoms with Crippen LogP contribution in [0.15, 0.2) is 18.2 Å². The number of hydrogen-bond acceptors (Lipinski definition) is 4. The molecule has 0 saturated heterocycles. The number of benzene rings is 1. The van der Waals surface area contributed by atoms with Gasteiger partial charge in [-0.2, -0.15) is 0 Å². The first-order chi connectivity index (χ1) is 9.17. The Balaban J connectivity index is 3.10. The molecule has 0 saturated carbocycles. The van der Waals surface area contributed by atoms with E-state index in [4.69, 9.17) is 15.2 Å². The van der Waals surface area contributed by atoms with Gasteiger partial charge in [-0.05, 0) is 25.0 Å². The lowest BCUT2D eigenvalue weighted by Crippen LogP contribution is -2.36. The van der Waals surface area contributed by atoms with Crippen LogP contribution < -0.4 is 15.4 Å². The maximum Gasteiger partial charge on any atom is 0.120 e. The van der Waals surface area contributed by atoms with E-state index in [9.17, 15) is 0 Å². The van der Waals surface area contributed by atoms with Crippen LogP contribution in [-0.2, 0) is 11.3 Å². The molecule has 1 aromatic carbocycles. The average molecular weight is 266 g/mol. The molecule has 0 spiro atoms. The molecule has 0 heterocycles. The third-order valence-corrected chi connectivity index (χ3v) is 3.48. The second kappa shape index (κ2) is 8.02. The van der Waals surface area contributed by atoms with Gasteiger partial charge in [0.05, 0.1) is 13.7 Å². The van der Waals surface area contributed by atoms with Crippen LogP contribution in [-0.4, -0.2) is 33.4 Å². The monoisotopic (exact) mass is 266 g/mol. The summed E-state index contributed by atoms with van der Waals surface area (Å²) in [5, 5.41) is 0. The molecule has 0 aliphatic carbocycles. The maximum absolute atomic E-state index is 5.85. The zero-order valence-corrected chi connectivity index (χ0v) is 12.5. The van der Waals surface area contributed by atoms with Crippen LogP contribution in [0, 0.1) is 0 Å². The van der Waals surface area contributed by atoms with E-state index in [0.717, 1.165) is 30.0 Å². The number of ether oxygens (including phenoxy) is 2. The van der Waals surface area contributed by atoms with Crippen LogP contribution in [0.25, 0.3) is 0 Å². The molecular formula is C15H26N2O2. The second-order valence-corrected chi connectivity index (χ2v) is 4.64. The van der Waals surface area contributed by atoms with Crippen LogP contribution in [0.3, 0.4) is 0 Å². The Hall–Kier alpha value is -1.26. The zero-order chi connectivity index (χ0) is 14.3. The van der Waals surface area contributed by atoms with Crippen molar-refractivity contribution in [3.8, 4) is 5.75 Å². The lowest BCUT2D eigenvalue weighted by molar-refractivity contribution is 0.203. The molecule has 0 aliphatic heterocycles. The van der Waals surface area contributed by atoms with Crippen LogP contribution in [0.4, 0.5) is 5.69 Å². The minimum Gasteiger partial charge on any atom is -0.497 e. The van der Waals surface area contributed by atoms with Crippen molar-refractivity contribution in [3.05, 3.63) is 23.8 Å². The van der Waals surface area contributed by atoms with E-state index in [1.54, 1.807) is 14.2 Å². The zero-order valence-electron chi connectivity index (χ0n) is 12.5. The highest BCUT2D eigenvalue weighted by atomic mass is 16.5. The van der Waals surface area contributed by atoms with Gasteiger partial charge in [0.25, 0.3) is 0 Å². The lowest BCUT2D eigenvalue weighted by atomic mass is 10.1. The Morgan fingerprint density at radius 2 is 2.05 bits per heavy atom. The van der Waals surface area contributed by atoms with Crippen molar-refractivity contribution in [2.24, 2.45) is 5.73 Å². The van der Waals surface area contributed by atoms with Gasteiger partial charge in [-0.3, -0.25) is 0 Å². The quantitative estimate of drug-likeness (QED) is 0.785. The fourth-order valence-corrected chi connectivity index (χ4v) is 2.10. The summed E-state index contributed by atoms with van der Waals surface area (Å²) >= 11 is 0. The van der Waals surface area contributed by atoms with Gasteiger partial charge in [0.15, 0.2) is 0 Å². The van der Waals surface area contributed by atoms with Crippen molar-refractivity contribution in [1.82, 2.24) is 0 Å². The van der Waals surface area contributed by atoms with E-state index in [0.29, 0.717) is 19.2 Å². The minimum absolute atomic E-state index is 0.438. The maximum atomic E-state index is 5.85. The van der Waals surface area contributed by atoms with Gasteiger partial charge in [-0.25, -0.2) is 0 Å². The molecule has 19 heavy (non-hydrogen) atoms. The summed E-state index contributed by atoms with van der Waals surface area (Å²) in [6.45, 7) is 6.48. The highest BCUT2D eigenvalue weighted by molar-refractivity contribution is 5.58. The molecule has 108 valence electrons. The highest BCUT2D eigenvalue weighted by Gasteiger charge is 2.16. The first kappa shape index (κ1) is 15.8. The molecule has 0 aromatic heterocycles. The highest BCUT2D eigenvalue weighted by Crippen LogP contribution is 2.28. The van der Waals surface area contributed by atoms with Crippen molar-refractivity contribution >= 4 is 5.69 Å². The third-order valence-electron chi connectivity index (χ3n) is 3.48. The van der Waals surface area contributed by atoms with Gasteiger partial charge < -0.3 is 20.1 Å². The molecule has 0 aliphatic rings. The van der Waals surface area contributed by atoms with Crippen molar-refractivity contribution < 1.29 is 9.47 Å². The molecule has 0 bridgehead atoms. The Morgan fingerprint density at radius 3 is 2.58 bits per heavy atom. The Kier molecular flexibility index (Phi) is 6.67. The average Bonchev–Trinajstić information content (AvgIpc) is 2.46. The van der Waals surface area contributed by atoms with E-state index < -0.39 is 0 Å². The fourth-order valence-electron chi connectivity index (χ4n) is 2.10. The van der Waals surface area contributed by atoms with Crippen LogP contribution in [0.1, 0.15) is 25.8 Å². The number of rotatable bonds is 8. The van der Waals surface area contributed by atoms with Gasteiger partial charge >= 0.3 is 0 Å². The summed E-state index contributed by atoms with van der Waals surface area (Å²) in [5.41, 5.74) is 8.13. The second-order valence-electron chi connectivity index (χ2n) is 4.64. The van der Waals surface area contributed by atoms with Gasteiger partial charge in [0.1, 0.15) is 5.75 Å². The number of hydrogen-bond donors (Lipinski definition) is 1. The summed E-state index contributed by atoms with van der Waals surface area (Å²) in [6.07, 6.45) is 1.07. The van der Waals surface area contributed by atoms with Gasteiger partial charge in [0.2, 0.25) is 0 Å². The molecule has 1 aromatic rings. The molecule has 0 radical (unpaired) electrons. The van der Waals surface area contributed by atoms with Crippen LogP contribution in [0.2, 0.25) is 0 Å². The summed E-state index contributed by atoms with van der Waals surface area (Å²) in [4.78, 5) is 2.34. The summed E-state index contributed by atoms with van der Waals surface area (Å²) in [7, 11) is 3.41. The number of nitrogens with zero attached hydrogens (tertiary/aromatic N) is 1. The van der Waals surface area contributed by atoms with Gasteiger partial charge in [-0.15, -0.1) is 0 Å². The van der Waals surface area contributed by atoms with Crippen molar-refractivity contribution in [1.29, 1.82) is 0 Å². The first-order valence-corrected chi connectivity index (χ1v) is 6.80. The molecule has 1 unspecified atom stereocenters. The predicted octanol–water partition coefficient (Wildman–Crippen LogP) is 2.41. The molecule has 1 rings (SSSR count). The number of anilines is 1. The Morgan fingerprint density at radius 1 is 1.32 bits per heavy atom. The smallest absolute Gasteiger partial charge is 0.120 e. The fraction of sp³-hybridized carbons (Fsp3) is 0.600. The van der Waals surface area contributed by atoms with Gasteiger partial charge in [-0.1, -0.05) is 13.0 Å². The summed E-state index contributed by atoms with van der Waals surface area (Å²) in [6, 6.07) is 6.49. The number of nitrogens with two attached hydrogens (primary N) is 1. The molecule has 0 fully saturated rings. The molecule has 4 heteroatoms. The molecule has 4 nitrogen and oxygen atoms in total. The van der Waals surface area contributed by atoms with E-state index in [-0.39, 0.29) is 0 Å². The van der Waals surface area contributed by atoms with Crippen LogP contribution in [0.5, 0.6) is 5.75 Å². The Labute approximate surface area is 116 Å². The van der Waals surface area contributed by atoms with Crippen molar-refractivity contribution in [3.63, 3.8) is 0 Å². The minimum atomic E-state index is 0.438. The predicted molar refractivity (Wildman–Crippen MR) is 79.9 cm³/mol. The lowest BCUT2D eigenvalue weighted by Gasteiger charge is -2.32. The molecule has 1 atom stereocenters. The van der Waals surface area contributed by atoms with E-state index >= 15 is 0 Å². The van der Waals surface area contributed by atoms with Crippen molar-refractivity contribution in [2.45, 2.75) is 32.9 Å². The standard InChI is InChI=1S/C15H26N2O2/c1-5-12(2)17(8-9-18-3)15-10-14(19-4)7-6-13(15)11-16/h6-7,10,12H,5,8-9,11,16H2,1-4H3. The number of methoxy groups -OCH3 is 2. The van der Waals surface area contributed by atoms with E-state index in [1.807, 2.05) is 12.1 Å². The largest absolute Gasteiger partial charge is 0.497 e. The normalized spacial score (nSPS) is 12.3. The summed E-state index contributed by atoms with van der Waals surface area (Å²) < 4.78 is 10.5. The van der Waals surface area contributed by atoms with Crippen LogP contribution >= 0.6 is 0 Å². The topological polar surface area (TPSA) is 47.7 Å². The molecule has 0 amide bonds. The van der Waals surface area contributed by atoms with Crippen molar-refractivity contribution in [2.75, 3.05) is 32.3 Å². The molecule has 2 N–H and O–H groups in total. The first-order valence-electron chi connectivity index (χ1n) is 6.80. The SMILES string of the molecule is CCC(C)N(CCOC)c1cc(OC)ccc1CN. The van der Waals surface area contributed by atoms with E-state index in [1.165, 1.54) is 0 Å². The van der Waals surface area contributed by atoms with E-state index in [2.05, 4.69) is 24.8 Å². The third kappa shape index (κ3) is 4.11. The molecular weight excluding hydrogens is 240 g/mol. The van der Waals surface area contributed by atoms with Gasteiger partial charge in [0, 0.05) is 38.0 Å². The Bertz CT molecular complexity index is 382.